The van der Waals surface area contributed by atoms with Crippen molar-refractivity contribution in [2.24, 2.45) is 0 Å². The highest BCUT2D eigenvalue weighted by molar-refractivity contribution is 5.86. The summed E-state index contributed by atoms with van der Waals surface area (Å²) >= 11 is 0. The molecule has 1 fully saturated rings. The van der Waals surface area contributed by atoms with Gasteiger partial charge in [-0.15, -0.1) is 0 Å². The van der Waals surface area contributed by atoms with Crippen LogP contribution in [0.15, 0.2) is 24.3 Å². The molecule has 23 heavy (non-hydrogen) atoms. The van der Waals surface area contributed by atoms with Gasteiger partial charge in [0.25, 0.3) is 5.91 Å². The molecule has 1 aliphatic heterocycles. The molecule has 0 aromatic heterocycles. The number of ether oxygens (including phenoxy) is 1. The van der Waals surface area contributed by atoms with Crippen LogP contribution in [-0.2, 0) is 25.6 Å². The Hall–Kier alpha value is -2.12. The fraction of sp³-hybridized carbons (Fsp3) is 0.500. The van der Waals surface area contributed by atoms with E-state index in [9.17, 15) is 14.7 Å². The zero-order valence-corrected chi connectivity index (χ0v) is 13.1. The van der Waals surface area contributed by atoms with Crippen LogP contribution in [0.5, 0.6) is 5.75 Å². The van der Waals surface area contributed by atoms with Crippen LogP contribution >= 0.6 is 0 Å². The van der Waals surface area contributed by atoms with Gasteiger partial charge >= 0.3 is 0 Å². The maximum atomic E-state index is 12.2. The van der Waals surface area contributed by atoms with E-state index in [0.29, 0.717) is 13.0 Å². The second-order valence-electron chi connectivity index (χ2n) is 5.50. The first kappa shape index (κ1) is 17.2. The second-order valence-corrected chi connectivity index (χ2v) is 5.50. The smallest absolute Gasteiger partial charge is 0.266 e. The van der Waals surface area contributed by atoms with Crippen molar-refractivity contribution < 1.29 is 24.3 Å². The molecule has 2 unspecified atom stereocenters. The lowest BCUT2D eigenvalue weighted by Crippen LogP contribution is -2.48. The fourth-order valence-electron chi connectivity index (χ4n) is 2.32. The molecule has 0 spiro atoms. The lowest BCUT2D eigenvalue weighted by molar-refractivity contribution is -0.201. The quantitative estimate of drug-likeness (QED) is 0.679. The number of aromatic hydroxyl groups is 1. The summed E-state index contributed by atoms with van der Waals surface area (Å²) in [5.74, 6) is -0.604. The van der Waals surface area contributed by atoms with E-state index in [1.165, 1.54) is 19.1 Å². The standard InChI is InChI=1S/C16H22N2O5/c1-11(19)17-14(10-12-5-7-13(20)8-6-12)16(21)18-23-15-4-2-3-9-22-15/h5-8,14-15,20H,2-4,9-10H2,1H3,(H,17,19)(H,18,21). The number of carbonyl (C=O) groups excluding carboxylic acids is 2. The maximum Gasteiger partial charge on any atom is 0.266 e. The van der Waals surface area contributed by atoms with Crippen molar-refractivity contribution in [2.45, 2.75) is 44.9 Å². The van der Waals surface area contributed by atoms with Gasteiger partial charge in [0.15, 0.2) is 6.29 Å². The number of rotatable bonds is 6. The second kappa shape index (κ2) is 8.50. The summed E-state index contributed by atoms with van der Waals surface area (Å²) in [6, 6.07) is 5.69. The highest BCUT2D eigenvalue weighted by atomic mass is 16.8. The number of phenolic OH excluding ortho intramolecular Hbond substituents is 1. The predicted octanol–water partition coefficient (Wildman–Crippen LogP) is 1.01. The van der Waals surface area contributed by atoms with Crippen LogP contribution < -0.4 is 10.8 Å². The molecule has 0 saturated carbocycles. The Labute approximate surface area is 134 Å². The normalized spacial score (nSPS) is 18.9. The third kappa shape index (κ3) is 5.88. The first-order valence-corrected chi connectivity index (χ1v) is 7.66. The van der Waals surface area contributed by atoms with Gasteiger partial charge in [0, 0.05) is 26.4 Å². The van der Waals surface area contributed by atoms with Crippen molar-refractivity contribution in [3.63, 3.8) is 0 Å². The molecule has 1 saturated heterocycles. The Balaban J connectivity index is 1.91. The number of amides is 2. The van der Waals surface area contributed by atoms with Crippen molar-refractivity contribution in [2.75, 3.05) is 6.61 Å². The Bertz CT molecular complexity index is 526. The SMILES string of the molecule is CC(=O)NC(Cc1ccc(O)cc1)C(=O)NOC1CCCCO1. The van der Waals surface area contributed by atoms with E-state index < -0.39 is 18.2 Å². The molecule has 7 heteroatoms. The van der Waals surface area contributed by atoms with Crippen LogP contribution in [-0.4, -0.2) is 35.9 Å². The molecule has 2 atom stereocenters. The average Bonchev–Trinajstić information content (AvgIpc) is 2.54. The van der Waals surface area contributed by atoms with E-state index in [1.54, 1.807) is 12.1 Å². The minimum Gasteiger partial charge on any atom is -0.508 e. The van der Waals surface area contributed by atoms with E-state index >= 15 is 0 Å². The molecular weight excluding hydrogens is 300 g/mol. The fourth-order valence-corrected chi connectivity index (χ4v) is 2.32. The van der Waals surface area contributed by atoms with E-state index in [1.807, 2.05) is 0 Å². The van der Waals surface area contributed by atoms with Gasteiger partial charge in [0.05, 0.1) is 0 Å². The van der Waals surface area contributed by atoms with Crippen molar-refractivity contribution in [3.8, 4) is 5.75 Å². The molecule has 1 heterocycles. The van der Waals surface area contributed by atoms with Gasteiger partial charge in [0.2, 0.25) is 5.91 Å². The van der Waals surface area contributed by atoms with Gasteiger partial charge in [-0.1, -0.05) is 12.1 Å². The summed E-state index contributed by atoms with van der Waals surface area (Å²) < 4.78 is 5.37. The minimum atomic E-state index is -0.763. The Morgan fingerprint density at radius 3 is 2.70 bits per heavy atom. The number of nitrogens with one attached hydrogen (secondary N) is 2. The molecule has 2 rings (SSSR count). The number of hydrogen-bond acceptors (Lipinski definition) is 5. The summed E-state index contributed by atoms with van der Waals surface area (Å²) in [5.41, 5.74) is 3.17. The monoisotopic (exact) mass is 322 g/mol. The van der Waals surface area contributed by atoms with Crippen LogP contribution in [0, 0.1) is 0 Å². The van der Waals surface area contributed by atoms with Gasteiger partial charge in [-0.05, 0) is 30.5 Å². The molecule has 126 valence electrons. The molecule has 3 N–H and O–H groups in total. The third-order valence-electron chi connectivity index (χ3n) is 3.50. The molecular formula is C16H22N2O5. The third-order valence-corrected chi connectivity index (χ3v) is 3.50. The Morgan fingerprint density at radius 2 is 2.09 bits per heavy atom. The zero-order valence-electron chi connectivity index (χ0n) is 13.1. The highest BCUT2D eigenvalue weighted by Crippen LogP contribution is 2.13. The number of hydrogen-bond donors (Lipinski definition) is 3. The molecule has 7 nitrogen and oxygen atoms in total. The van der Waals surface area contributed by atoms with Gasteiger partial charge in [-0.25, -0.2) is 10.3 Å². The van der Waals surface area contributed by atoms with E-state index in [4.69, 9.17) is 9.57 Å². The van der Waals surface area contributed by atoms with Gasteiger partial charge in [0.1, 0.15) is 11.8 Å². The minimum absolute atomic E-state index is 0.145. The van der Waals surface area contributed by atoms with Crippen molar-refractivity contribution >= 4 is 11.8 Å². The summed E-state index contributed by atoms with van der Waals surface area (Å²) in [4.78, 5) is 28.8. The van der Waals surface area contributed by atoms with Gasteiger partial charge in [-0.2, -0.15) is 0 Å². The van der Waals surface area contributed by atoms with Gasteiger partial charge in [-0.3, -0.25) is 9.59 Å². The molecule has 0 bridgehead atoms. The molecule has 1 aliphatic rings. The summed E-state index contributed by atoms with van der Waals surface area (Å²) in [7, 11) is 0. The van der Waals surface area contributed by atoms with Crippen LogP contribution in [0.25, 0.3) is 0 Å². The Morgan fingerprint density at radius 1 is 1.35 bits per heavy atom. The first-order chi connectivity index (χ1) is 11.0. The summed E-state index contributed by atoms with van der Waals surface area (Å²) in [6.07, 6.45) is 2.55. The van der Waals surface area contributed by atoms with Crippen molar-refractivity contribution in [1.29, 1.82) is 0 Å². The van der Waals surface area contributed by atoms with Crippen LogP contribution in [0.1, 0.15) is 31.7 Å². The van der Waals surface area contributed by atoms with Gasteiger partial charge < -0.3 is 15.2 Å². The highest BCUT2D eigenvalue weighted by Gasteiger charge is 2.22. The van der Waals surface area contributed by atoms with Crippen LogP contribution in [0.4, 0.5) is 0 Å². The predicted molar refractivity (Wildman–Crippen MR) is 82.2 cm³/mol. The number of phenols is 1. The average molecular weight is 322 g/mol. The molecule has 0 radical (unpaired) electrons. The van der Waals surface area contributed by atoms with Crippen LogP contribution in [0.2, 0.25) is 0 Å². The van der Waals surface area contributed by atoms with E-state index in [0.717, 1.165) is 24.8 Å². The number of carbonyl (C=O) groups is 2. The molecule has 2 amide bonds. The number of benzene rings is 1. The molecule has 1 aromatic carbocycles. The molecule has 1 aromatic rings. The lowest BCUT2D eigenvalue weighted by atomic mass is 10.1. The van der Waals surface area contributed by atoms with E-state index in [-0.39, 0.29) is 11.7 Å². The van der Waals surface area contributed by atoms with Crippen LogP contribution in [0.3, 0.4) is 0 Å². The van der Waals surface area contributed by atoms with E-state index in [2.05, 4.69) is 10.8 Å². The lowest BCUT2D eigenvalue weighted by Gasteiger charge is -2.24. The summed E-state index contributed by atoms with van der Waals surface area (Å²) in [6.45, 7) is 1.96. The Kier molecular flexibility index (Phi) is 6.37. The number of hydroxylamine groups is 1. The maximum absolute atomic E-state index is 12.2. The van der Waals surface area contributed by atoms with Crippen molar-refractivity contribution in [3.05, 3.63) is 29.8 Å². The van der Waals surface area contributed by atoms with Crippen molar-refractivity contribution in [1.82, 2.24) is 10.8 Å². The zero-order chi connectivity index (χ0) is 16.7. The largest absolute Gasteiger partial charge is 0.508 e. The topological polar surface area (TPSA) is 96.9 Å². The first-order valence-electron chi connectivity index (χ1n) is 7.66. The molecule has 0 aliphatic carbocycles. The summed E-state index contributed by atoms with van der Waals surface area (Å²) in [5, 5.41) is 11.9.